The lowest BCUT2D eigenvalue weighted by Crippen LogP contribution is -2.44. The molecule has 0 aromatic carbocycles. The van der Waals surface area contributed by atoms with E-state index in [1.807, 2.05) is 0 Å². The van der Waals surface area contributed by atoms with Crippen LogP contribution < -0.4 is 5.32 Å². The quantitative estimate of drug-likeness (QED) is 0.736. The predicted molar refractivity (Wildman–Crippen MR) is 65.3 cm³/mol. The summed E-state index contributed by atoms with van der Waals surface area (Å²) in [4.78, 5) is 14.4. The smallest absolute Gasteiger partial charge is 0.226 e. The second kappa shape index (κ2) is 6.24. The van der Waals surface area contributed by atoms with E-state index in [-0.39, 0.29) is 5.92 Å². The molecular formula is C13H24N2O. The molecule has 1 N–H and O–H groups in total. The normalized spacial score (nSPS) is 28.2. The number of likely N-dealkylation sites (tertiary alicyclic amines) is 1. The number of rotatable bonds is 1. The molecule has 1 amide bonds. The van der Waals surface area contributed by atoms with Crippen LogP contribution in [-0.4, -0.2) is 37.0 Å². The Labute approximate surface area is 98.6 Å². The van der Waals surface area contributed by atoms with Gasteiger partial charge in [-0.05, 0) is 32.2 Å². The highest BCUT2D eigenvalue weighted by molar-refractivity contribution is 5.79. The van der Waals surface area contributed by atoms with Gasteiger partial charge in [-0.3, -0.25) is 4.79 Å². The molecule has 2 saturated heterocycles. The average molecular weight is 224 g/mol. The lowest BCUT2D eigenvalue weighted by Gasteiger charge is -2.30. The summed E-state index contributed by atoms with van der Waals surface area (Å²) in [6.45, 7) is 3.98. The van der Waals surface area contributed by atoms with Crippen molar-refractivity contribution in [2.75, 3.05) is 26.2 Å². The summed E-state index contributed by atoms with van der Waals surface area (Å²) in [6.07, 6.45) is 8.59. The summed E-state index contributed by atoms with van der Waals surface area (Å²) < 4.78 is 0. The molecule has 16 heavy (non-hydrogen) atoms. The van der Waals surface area contributed by atoms with E-state index in [1.54, 1.807) is 0 Å². The summed E-state index contributed by atoms with van der Waals surface area (Å²) in [5.74, 6) is 0.669. The number of carbonyl (C=O) groups excluding carboxylic acids is 1. The molecule has 1 atom stereocenters. The van der Waals surface area contributed by atoms with Crippen LogP contribution in [0.15, 0.2) is 0 Å². The van der Waals surface area contributed by atoms with Crippen molar-refractivity contribution in [2.24, 2.45) is 5.92 Å². The van der Waals surface area contributed by atoms with Gasteiger partial charge in [-0.15, -0.1) is 0 Å². The third-order valence-corrected chi connectivity index (χ3v) is 3.81. The molecule has 0 saturated carbocycles. The molecule has 0 aliphatic carbocycles. The minimum Gasteiger partial charge on any atom is -0.342 e. The van der Waals surface area contributed by atoms with Gasteiger partial charge in [0.25, 0.3) is 0 Å². The summed E-state index contributed by atoms with van der Waals surface area (Å²) in [6, 6.07) is 0. The third kappa shape index (κ3) is 3.21. The Morgan fingerprint density at radius 3 is 2.31 bits per heavy atom. The molecule has 0 aromatic rings. The summed E-state index contributed by atoms with van der Waals surface area (Å²) in [5, 5.41) is 3.34. The number of nitrogens with zero attached hydrogens (tertiary/aromatic N) is 1. The van der Waals surface area contributed by atoms with Gasteiger partial charge in [-0.2, -0.15) is 0 Å². The lowest BCUT2D eigenvalue weighted by molar-refractivity contribution is -0.136. The van der Waals surface area contributed by atoms with E-state index >= 15 is 0 Å². The summed E-state index contributed by atoms with van der Waals surface area (Å²) >= 11 is 0. The van der Waals surface area contributed by atoms with E-state index in [9.17, 15) is 4.79 Å². The molecule has 0 aromatic heterocycles. The molecule has 0 radical (unpaired) electrons. The van der Waals surface area contributed by atoms with Gasteiger partial charge in [0.2, 0.25) is 5.91 Å². The molecule has 92 valence electrons. The fraction of sp³-hybridized carbons (Fsp3) is 0.923. The van der Waals surface area contributed by atoms with Crippen molar-refractivity contribution in [3.8, 4) is 0 Å². The van der Waals surface area contributed by atoms with Crippen molar-refractivity contribution in [2.45, 2.75) is 44.9 Å². The molecule has 2 aliphatic heterocycles. The lowest BCUT2D eigenvalue weighted by atomic mass is 9.97. The number of amides is 1. The van der Waals surface area contributed by atoms with Gasteiger partial charge < -0.3 is 10.2 Å². The van der Waals surface area contributed by atoms with E-state index in [2.05, 4.69) is 10.2 Å². The fourth-order valence-corrected chi connectivity index (χ4v) is 2.79. The first-order valence-electron chi connectivity index (χ1n) is 6.87. The average Bonchev–Trinajstić information content (AvgIpc) is 2.29. The maximum atomic E-state index is 12.3. The largest absolute Gasteiger partial charge is 0.342 e. The van der Waals surface area contributed by atoms with Gasteiger partial charge in [0.05, 0.1) is 5.92 Å². The number of piperidine rings is 1. The second-order valence-corrected chi connectivity index (χ2v) is 5.14. The number of hydrogen-bond donors (Lipinski definition) is 1. The standard InChI is InChI=1S/C13H24N2O/c16-13(12-7-6-8-14-11-12)15-9-4-2-1-3-5-10-15/h12,14H,1-11H2. The van der Waals surface area contributed by atoms with E-state index in [0.717, 1.165) is 39.0 Å². The van der Waals surface area contributed by atoms with Crippen LogP contribution in [0.4, 0.5) is 0 Å². The van der Waals surface area contributed by atoms with Crippen molar-refractivity contribution >= 4 is 5.91 Å². The van der Waals surface area contributed by atoms with Crippen LogP contribution in [-0.2, 0) is 4.79 Å². The maximum Gasteiger partial charge on any atom is 0.226 e. The topological polar surface area (TPSA) is 32.3 Å². The molecule has 2 rings (SSSR count). The van der Waals surface area contributed by atoms with E-state index in [1.165, 1.54) is 32.1 Å². The highest BCUT2D eigenvalue weighted by atomic mass is 16.2. The van der Waals surface area contributed by atoms with Crippen LogP contribution >= 0.6 is 0 Å². The first-order valence-corrected chi connectivity index (χ1v) is 6.87. The number of carbonyl (C=O) groups is 1. The minimum atomic E-state index is 0.258. The van der Waals surface area contributed by atoms with Gasteiger partial charge in [0.15, 0.2) is 0 Å². The van der Waals surface area contributed by atoms with Crippen LogP contribution in [0.25, 0.3) is 0 Å². The van der Waals surface area contributed by atoms with Crippen molar-refractivity contribution in [3.05, 3.63) is 0 Å². The zero-order chi connectivity index (χ0) is 11.2. The van der Waals surface area contributed by atoms with Crippen molar-refractivity contribution < 1.29 is 4.79 Å². The highest BCUT2D eigenvalue weighted by Crippen LogP contribution is 2.17. The Morgan fingerprint density at radius 2 is 1.69 bits per heavy atom. The van der Waals surface area contributed by atoms with Gasteiger partial charge in [0, 0.05) is 19.6 Å². The van der Waals surface area contributed by atoms with Crippen molar-refractivity contribution in [1.29, 1.82) is 0 Å². The molecule has 3 nitrogen and oxygen atoms in total. The molecule has 2 heterocycles. The zero-order valence-electron chi connectivity index (χ0n) is 10.2. The van der Waals surface area contributed by atoms with Gasteiger partial charge in [-0.25, -0.2) is 0 Å². The second-order valence-electron chi connectivity index (χ2n) is 5.14. The molecule has 3 heteroatoms. The third-order valence-electron chi connectivity index (χ3n) is 3.81. The van der Waals surface area contributed by atoms with E-state index in [4.69, 9.17) is 0 Å². The highest BCUT2D eigenvalue weighted by Gasteiger charge is 2.25. The van der Waals surface area contributed by atoms with Crippen LogP contribution in [0.2, 0.25) is 0 Å². The SMILES string of the molecule is O=C(C1CCCNC1)N1CCCCCCC1. The van der Waals surface area contributed by atoms with Crippen LogP contribution in [0, 0.1) is 5.92 Å². The first kappa shape index (κ1) is 11.9. The number of hydrogen-bond acceptors (Lipinski definition) is 2. The Balaban J connectivity index is 1.85. The summed E-state index contributed by atoms with van der Waals surface area (Å²) in [5.41, 5.74) is 0. The Hall–Kier alpha value is -0.570. The zero-order valence-corrected chi connectivity index (χ0v) is 10.2. The molecule has 0 spiro atoms. The molecular weight excluding hydrogens is 200 g/mol. The van der Waals surface area contributed by atoms with Crippen LogP contribution in [0.1, 0.15) is 44.9 Å². The molecule has 0 bridgehead atoms. The predicted octanol–water partition coefficient (Wildman–Crippen LogP) is 1.78. The first-order chi connectivity index (χ1) is 7.88. The van der Waals surface area contributed by atoms with Gasteiger partial charge >= 0.3 is 0 Å². The summed E-state index contributed by atoms with van der Waals surface area (Å²) in [7, 11) is 0. The molecule has 1 unspecified atom stereocenters. The maximum absolute atomic E-state index is 12.3. The Bertz CT molecular complexity index is 216. The fourth-order valence-electron chi connectivity index (χ4n) is 2.79. The molecule has 2 aliphatic rings. The van der Waals surface area contributed by atoms with Crippen LogP contribution in [0.3, 0.4) is 0 Å². The monoisotopic (exact) mass is 224 g/mol. The van der Waals surface area contributed by atoms with E-state index < -0.39 is 0 Å². The van der Waals surface area contributed by atoms with Gasteiger partial charge in [-0.1, -0.05) is 19.3 Å². The van der Waals surface area contributed by atoms with Gasteiger partial charge in [0.1, 0.15) is 0 Å². The molecule has 2 fully saturated rings. The number of nitrogens with one attached hydrogen (secondary N) is 1. The van der Waals surface area contributed by atoms with Crippen molar-refractivity contribution in [1.82, 2.24) is 10.2 Å². The Kier molecular flexibility index (Phi) is 4.64. The van der Waals surface area contributed by atoms with Crippen molar-refractivity contribution in [3.63, 3.8) is 0 Å². The Morgan fingerprint density at radius 1 is 1.00 bits per heavy atom. The van der Waals surface area contributed by atoms with E-state index in [0.29, 0.717) is 5.91 Å². The van der Waals surface area contributed by atoms with Crippen LogP contribution in [0.5, 0.6) is 0 Å². The minimum absolute atomic E-state index is 0.258.